The zero-order valence-corrected chi connectivity index (χ0v) is 18.6. The van der Waals surface area contributed by atoms with Gasteiger partial charge in [0.25, 0.3) is 0 Å². The van der Waals surface area contributed by atoms with Crippen molar-refractivity contribution >= 4 is 28.4 Å². The Balaban J connectivity index is 1.48. The van der Waals surface area contributed by atoms with Gasteiger partial charge in [-0.05, 0) is 36.9 Å². The Morgan fingerprint density at radius 2 is 1.73 bits per heavy atom. The highest BCUT2D eigenvalue weighted by molar-refractivity contribution is 5.94. The van der Waals surface area contributed by atoms with Crippen molar-refractivity contribution < 1.29 is 9.13 Å². The summed E-state index contributed by atoms with van der Waals surface area (Å²) >= 11 is 0. The first-order valence-electron chi connectivity index (χ1n) is 10.9. The summed E-state index contributed by atoms with van der Waals surface area (Å²) in [5.74, 6) is 1.35. The number of likely N-dealkylation sites (N-methyl/N-ethyl adjacent to an activating group) is 1. The molecule has 8 heteroatoms. The molecule has 1 aliphatic heterocycles. The third-order valence-electron chi connectivity index (χ3n) is 5.88. The van der Waals surface area contributed by atoms with E-state index in [1.165, 1.54) is 6.07 Å². The maximum Gasteiger partial charge on any atom is 0.239 e. The van der Waals surface area contributed by atoms with Crippen LogP contribution in [0.2, 0.25) is 0 Å². The SMILES string of the molecule is COc1nc(N2CCN(C)CC2)ccc1Nc1ncc2ccc(F)c(-c3ccccc3)c2n1. The fourth-order valence-electron chi connectivity index (χ4n) is 4.03. The Labute approximate surface area is 191 Å². The van der Waals surface area contributed by atoms with Crippen LogP contribution in [-0.4, -0.2) is 60.2 Å². The molecule has 0 aliphatic carbocycles. The summed E-state index contributed by atoms with van der Waals surface area (Å²) in [6.45, 7) is 3.83. The zero-order valence-electron chi connectivity index (χ0n) is 18.6. The van der Waals surface area contributed by atoms with Crippen molar-refractivity contribution in [1.29, 1.82) is 0 Å². The van der Waals surface area contributed by atoms with Gasteiger partial charge in [-0.15, -0.1) is 0 Å². The number of fused-ring (bicyclic) bond motifs is 1. The molecule has 0 saturated carbocycles. The van der Waals surface area contributed by atoms with Gasteiger partial charge in [0.15, 0.2) is 0 Å². The van der Waals surface area contributed by atoms with Gasteiger partial charge in [-0.3, -0.25) is 0 Å². The van der Waals surface area contributed by atoms with E-state index in [1.54, 1.807) is 19.4 Å². The molecule has 4 aromatic rings. The predicted octanol–water partition coefficient (Wildman–Crippen LogP) is 4.33. The van der Waals surface area contributed by atoms with E-state index in [2.05, 4.69) is 37.1 Å². The van der Waals surface area contributed by atoms with Gasteiger partial charge in [-0.25, -0.2) is 14.4 Å². The van der Waals surface area contributed by atoms with Crippen LogP contribution in [0, 0.1) is 5.82 Å². The minimum absolute atomic E-state index is 0.325. The summed E-state index contributed by atoms with van der Waals surface area (Å²) in [5.41, 5.74) is 2.40. The lowest BCUT2D eigenvalue weighted by Crippen LogP contribution is -2.44. The van der Waals surface area contributed by atoms with Crippen LogP contribution in [-0.2, 0) is 0 Å². The van der Waals surface area contributed by atoms with Crippen LogP contribution in [0.5, 0.6) is 5.88 Å². The predicted molar refractivity (Wildman–Crippen MR) is 129 cm³/mol. The van der Waals surface area contributed by atoms with Gasteiger partial charge in [-0.2, -0.15) is 4.98 Å². The topological polar surface area (TPSA) is 66.4 Å². The van der Waals surface area contributed by atoms with Gasteiger partial charge < -0.3 is 19.9 Å². The highest BCUT2D eigenvalue weighted by atomic mass is 19.1. The van der Waals surface area contributed by atoms with E-state index in [0.29, 0.717) is 28.6 Å². The van der Waals surface area contributed by atoms with Gasteiger partial charge in [0.05, 0.1) is 12.6 Å². The molecule has 1 aliphatic rings. The lowest BCUT2D eigenvalue weighted by atomic mass is 10.0. The average molecular weight is 445 g/mol. The van der Waals surface area contributed by atoms with E-state index < -0.39 is 0 Å². The van der Waals surface area contributed by atoms with E-state index in [4.69, 9.17) is 4.74 Å². The first-order chi connectivity index (χ1) is 16.1. The number of anilines is 3. The molecule has 0 radical (unpaired) electrons. The number of piperazine rings is 1. The monoisotopic (exact) mass is 444 g/mol. The smallest absolute Gasteiger partial charge is 0.239 e. The van der Waals surface area contributed by atoms with Gasteiger partial charge in [0, 0.05) is 43.3 Å². The summed E-state index contributed by atoms with van der Waals surface area (Å²) in [7, 11) is 3.71. The van der Waals surface area contributed by atoms with Crippen molar-refractivity contribution in [2.75, 3.05) is 50.6 Å². The Bertz CT molecular complexity index is 1270. The van der Waals surface area contributed by atoms with Crippen molar-refractivity contribution in [2.24, 2.45) is 0 Å². The lowest BCUT2D eigenvalue weighted by molar-refractivity contribution is 0.311. The number of rotatable bonds is 5. The first kappa shape index (κ1) is 21.1. The van der Waals surface area contributed by atoms with Crippen LogP contribution < -0.4 is 15.0 Å². The third kappa shape index (κ3) is 4.29. The van der Waals surface area contributed by atoms with Crippen molar-refractivity contribution in [3.8, 4) is 17.0 Å². The maximum atomic E-state index is 14.8. The number of hydrogen-bond donors (Lipinski definition) is 1. The zero-order chi connectivity index (χ0) is 22.8. The highest BCUT2D eigenvalue weighted by Gasteiger charge is 2.18. The molecule has 2 aromatic heterocycles. The van der Waals surface area contributed by atoms with Gasteiger partial charge >= 0.3 is 0 Å². The van der Waals surface area contributed by atoms with Gasteiger partial charge in [0.2, 0.25) is 11.8 Å². The van der Waals surface area contributed by atoms with E-state index in [1.807, 2.05) is 42.5 Å². The molecule has 1 fully saturated rings. The number of ether oxygens (including phenoxy) is 1. The standard InChI is InChI=1S/C25H25FN6O/c1-31-12-14-32(15-13-31)21-11-10-20(24(29-21)33-2)28-25-27-16-18-8-9-19(26)22(23(18)30-25)17-6-4-3-5-7-17/h3-11,16H,12-15H2,1-2H3,(H,27,28,30). The second-order valence-corrected chi connectivity index (χ2v) is 8.06. The summed E-state index contributed by atoms with van der Waals surface area (Å²) in [6.07, 6.45) is 1.69. The van der Waals surface area contributed by atoms with Crippen molar-refractivity contribution in [1.82, 2.24) is 19.9 Å². The molecule has 5 rings (SSSR count). The minimum atomic E-state index is -0.325. The largest absolute Gasteiger partial charge is 0.479 e. The fourth-order valence-corrected chi connectivity index (χ4v) is 4.03. The minimum Gasteiger partial charge on any atom is -0.479 e. The summed E-state index contributed by atoms with van der Waals surface area (Å²) in [4.78, 5) is 18.3. The molecule has 3 heterocycles. The molecule has 0 spiro atoms. The van der Waals surface area contributed by atoms with Gasteiger partial charge in [-0.1, -0.05) is 30.3 Å². The summed E-state index contributed by atoms with van der Waals surface area (Å²) in [5, 5.41) is 3.95. The molecule has 0 atom stereocenters. The normalized spacial score (nSPS) is 14.5. The molecule has 0 unspecified atom stereocenters. The summed E-state index contributed by atoms with van der Waals surface area (Å²) < 4.78 is 20.4. The van der Waals surface area contributed by atoms with Crippen molar-refractivity contribution in [2.45, 2.75) is 0 Å². The van der Waals surface area contributed by atoms with Crippen LogP contribution in [0.4, 0.5) is 21.8 Å². The molecule has 33 heavy (non-hydrogen) atoms. The molecule has 0 amide bonds. The van der Waals surface area contributed by atoms with E-state index >= 15 is 0 Å². The number of halogens is 1. The average Bonchev–Trinajstić information content (AvgIpc) is 2.85. The summed E-state index contributed by atoms with van der Waals surface area (Å²) in [6, 6.07) is 16.4. The second-order valence-electron chi connectivity index (χ2n) is 8.06. The Morgan fingerprint density at radius 1 is 0.939 bits per heavy atom. The molecular formula is C25H25FN6O. The number of nitrogens with one attached hydrogen (secondary N) is 1. The van der Waals surface area contributed by atoms with Crippen LogP contribution in [0.1, 0.15) is 0 Å². The molecule has 7 nitrogen and oxygen atoms in total. The third-order valence-corrected chi connectivity index (χ3v) is 5.88. The van der Waals surface area contributed by atoms with Crippen LogP contribution in [0.15, 0.2) is 60.8 Å². The first-order valence-corrected chi connectivity index (χ1v) is 10.9. The molecule has 168 valence electrons. The van der Waals surface area contributed by atoms with Crippen LogP contribution in [0.3, 0.4) is 0 Å². The van der Waals surface area contributed by atoms with Crippen LogP contribution in [0.25, 0.3) is 22.0 Å². The molecule has 0 bridgehead atoms. The number of nitrogens with zero attached hydrogens (tertiary/aromatic N) is 5. The molecular weight excluding hydrogens is 419 g/mol. The Morgan fingerprint density at radius 3 is 2.48 bits per heavy atom. The number of benzene rings is 2. The fraction of sp³-hybridized carbons (Fsp3) is 0.240. The maximum absolute atomic E-state index is 14.8. The highest BCUT2D eigenvalue weighted by Crippen LogP contribution is 2.32. The van der Waals surface area contributed by atoms with E-state index in [-0.39, 0.29) is 5.82 Å². The van der Waals surface area contributed by atoms with Crippen LogP contribution >= 0.6 is 0 Å². The van der Waals surface area contributed by atoms with E-state index in [9.17, 15) is 4.39 Å². The second kappa shape index (κ2) is 8.99. The number of methoxy groups -OCH3 is 1. The quantitative estimate of drug-likeness (QED) is 0.491. The number of pyridine rings is 1. The number of hydrogen-bond acceptors (Lipinski definition) is 7. The number of aromatic nitrogens is 3. The van der Waals surface area contributed by atoms with Gasteiger partial charge in [0.1, 0.15) is 17.3 Å². The Hall–Kier alpha value is -3.78. The lowest BCUT2D eigenvalue weighted by Gasteiger charge is -2.33. The van der Waals surface area contributed by atoms with Crippen molar-refractivity contribution in [3.05, 3.63) is 66.6 Å². The van der Waals surface area contributed by atoms with E-state index in [0.717, 1.165) is 42.9 Å². The molecule has 1 saturated heterocycles. The molecule has 2 aromatic carbocycles. The van der Waals surface area contributed by atoms with Crippen molar-refractivity contribution in [3.63, 3.8) is 0 Å². The Kier molecular flexibility index (Phi) is 5.75. The molecule has 1 N–H and O–H groups in total.